The second-order valence-electron chi connectivity index (χ2n) is 6.05. The van der Waals surface area contributed by atoms with Gasteiger partial charge in [0.25, 0.3) is 0 Å². The predicted octanol–water partition coefficient (Wildman–Crippen LogP) is 4.73. The Morgan fingerprint density at radius 1 is 1.21 bits per heavy atom. The fourth-order valence-electron chi connectivity index (χ4n) is 2.11. The third-order valence-corrected chi connectivity index (χ3v) is 3.82. The molecule has 0 heterocycles. The molecule has 5 heteroatoms. The van der Waals surface area contributed by atoms with E-state index in [1.165, 1.54) is 0 Å². The lowest BCUT2D eigenvalue weighted by Gasteiger charge is -2.12. The van der Waals surface area contributed by atoms with E-state index in [-0.39, 0.29) is 12.5 Å². The molecule has 2 rings (SSSR count). The Bertz CT molecular complexity index is 702. The summed E-state index contributed by atoms with van der Waals surface area (Å²) in [5.41, 5.74) is 2.49. The van der Waals surface area contributed by atoms with Crippen LogP contribution in [0.5, 0.6) is 5.75 Å². The summed E-state index contributed by atoms with van der Waals surface area (Å²) in [6, 6.07) is 13.0. The van der Waals surface area contributed by atoms with Crippen LogP contribution in [0.1, 0.15) is 19.4 Å². The van der Waals surface area contributed by atoms with Crippen molar-refractivity contribution in [2.75, 3.05) is 23.8 Å². The van der Waals surface area contributed by atoms with E-state index in [1.807, 2.05) is 49.4 Å². The Labute approximate surface area is 148 Å². The van der Waals surface area contributed by atoms with Crippen LogP contribution in [0.25, 0.3) is 0 Å². The molecular formula is C19H23ClN2O2. The molecule has 0 bridgehead atoms. The number of nitrogens with one attached hydrogen (secondary N) is 2. The van der Waals surface area contributed by atoms with Gasteiger partial charge in [0.15, 0.2) is 0 Å². The van der Waals surface area contributed by atoms with Gasteiger partial charge in [0.1, 0.15) is 5.75 Å². The molecule has 24 heavy (non-hydrogen) atoms. The van der Waals surface area contributed by atoms with E-state index in [0.29, 0.717) is 23.2 Å². The summed E-state index contributed by atoms with van der Waals surface area (Å²) < 4.78 is 5.67. The molecular weight excluding hydrogens is 324 g/mol. The average Bonchev–Trinajstić information content (AvgIpc) is 2.55. The molecule has 1 amide bonds. The van der Waals surface area contributed by atoms with Crippen molar-refractivity contribution >= 4 is 28.9 Å². The van der Waals surface area contributed by atoms with Crippen LogP contribution in [0.2, 0.25) is 5.02 Å². The van der Waals surface area contributed by atoms with Crippen LogP contribution in [0.3, 0.4) is 0 Å². The summed E-state index contributed by atoms with van der Waals surface area (Å²) >= 11 is 6.07. The number of anilines is 2. The molecule has 0 saturated carbocycles. The molecule has 0 aliphatic carbocycles. The average molecular weight is 347 g/mol. The summed E-state index contributed by atoms with van der Waals surface area (Å²) in [6.45, 7) is 6.91. The Hall–Kier alpha value is -2.20. The van der Waals surface area contributed by atoms with Gasteiger partial charge in [-0.05, 0) is 42.7 Å². The smallest absolute Gasteiger partial charge is 0.243 e. The Balaban J connectivity index is 1.90. The molecule has 0 unspecified atom stereocenters. The molecule has 128 valence electrons. The van der Waals surface area contributed by atoms with Crippen molar-refractivity contribution in [1.29, 1.82) is 0 Å². The molecule has 0 aliphatic heterocycles. The monoisotopic (exact) mass is 346 g/mol. The van der Waals surface area contributed by atoms with Gasteiger partial charge in [0.2, 0.25) is 5.91 Å². The Morgan fingerprint density at radius 3 is 2.71 bits per heavy atom. The van der Waals surface area contributed by atoms with Gasteiger partial charge in [0, 0.05) is 22.5 Å². The van der Waals surface area contributed by atoms with Crippen LogP contribution in [0.15, 0.2) is 42.5 Å². The second kappa shape index (κ2) is 8.60. The molecule has 0 atom stereocenters. The van der Waals surface area contributed by atoms with E-state index in [2.05, 4.69) is 24.5 Å². The molecule has 0 fully saturated rings. The van der Waals surface area contributed by atoms with E-state index in [1.54, 1.807) is 0 Å². The number of hydrogen-bond donors (Lipinski definition) is 2. The zero-order valence-electron chi connectivity index (χ0n) is 14.2. The SMILES string of the molecule is Cc1c(Cl)cccc1NCC(=O)Nc1cccc(OCC(C)C)c1. The molecule has 0 aliphatic rings. The van der Waals surface area contributed by atoms with Crippen molar-refractivity contribution in [2.24, 2.45) is 5.92 Å². The van der Waals surface area contributed by atoms with Gasteiger partial charge >= 0.3 is 0 Å². The largest absolute Gasteiger partial charge is 0.493 e. The summed E-state index contributed by atoms with van der Waals surface area (Å²) in [7, 11) is 0. The van der Waals surface area contributed by atoms with Gasteiger partial charge in [-0.25, -0.2) is 0 Å². The number of amides is 1. The lowest BCUT2D eigenvalue weighted by Crippen LogP contribution is -2.22. The number of benzene rings is 2. The Morgan fingerprint density at radius 2 is 1.96 bits per heavy atom. The maximum atomic E-state index is 12.1. The first-order valence-electron chi connectivity index (χ1n) is 7.97. The van der Waals surface area contributed by atoms with Crippen LogP contribution in [0.4, 0.5) is 11.4 Å². The second-order valence-corrected chi connectivity index (χ2v) is 6.45. The van der Waals surface area contributed by atoms with E-state index >= 15 is 0 Å². The topological polar surface area (TPSA) is 50.4 Å². The highest BCUT2D eigenvalue weighted by Crippen LogP contribution is 2.23. The van der Waals surface area contributed by atoms with Crippen LogP contribution < -0.4 is 15.4 Å². The fourth-order valence-corrected chi connectivity index (χ4v) is 2.28. The number of carbonyl (C=O) groups excluding carboxylic acids is 1. The minimum absolute atomic E-state index is 0.129. The minimum Gasteiger partial charge on any atom is -0.493 e. The van der Waals surface area contributed by atoms with Crippen molar-refractivity contribution in [3.05, 3.63) is 53.1 Å². The molecule has 0 spiro atoms. The summed E-state index contributed by atoms with van der Waals surface area (Å²) in [6.07, 6.45) is 0. The van der Waals surface area contributed by atoms with Crippen molar-refractivity contribution in [3.63, 3.8) is 0 Å². The highest BCUT2D eigenvalue weighted by molar-refractivity contribution is 6.31. The number of ether oxygens (including phenoxy) is 1. The standard InChI is InChI=1S/C19H23ClN2O2/c1-13(2)12-24-16-7-4-6-15(10-16)22-19(23)11-21-18-9-5-8-17(20)14(18)3/h4-10,13,21H,11-12H2,1-3H3,(H,22,23). The molecule has 0 saturated heterocycles. The summed E-state index contributed by atoms with van der Waals surface area (Å²) in [4.78, 5) is 12.1. The first-order chi connectivity index (χ1) is 11.5. The highest BCUT2D eigenvalue weighted by Gasteiger charge is 2.06. The third kappa shape index (κ3) is 5.46. The van der Waals surface area contributed by atoms with Crippen molar-refractivity contribution in [1.82, 2.24) is 0 Å². The molecule has 4 nitrogen and oxygen atoms in total. The van der Waals surface area contributed by atoms with Gasteiger partial charge in [-0.15, -0.1) is 0 Å². The maximum Gasteiger partial charge on any atom is 0.243 e. The van der Waals surface area contributed by atoms with Crippen LogP contribution >= 0.6 is 11.6 Å². The number of hydrogen-bond acceptors (Lipinski definition) is 3. The number of carbonyl (C=O) groups is 1. The van der Waals surface area contributed by atoms with Crippen LogP contribution in [0, 0.1) is 12.8 Å². The zero-order valence-corrected chi connectivity index (χ0v) is 15.0. The highest BCUT2D eigenvalue weighted by atomic mass is 35.5. The fraction of sp³-hybridized carbons (Fsp3) is 0.316. The third-order valence-electron chi connectivity index (χ3n) is 3.41. The molecule has 2 aromatic rings. The lowest BCUT2D eigenvalue weighted by molar-refractivity contribution is -0.114. The van der Waals surface area contributed by atoms with E-state index in [4.69, 9.17) is 16.3 Å². The van der Waals surface area contributed by atoms with E-state index in [9.17, 15) is 4.79 Å². The first-order valence-corrected chi connectivity index (χ1v) is 8.35. The van der Waals surface area contributed by atoms with Gasteiger partial charge < -0.3 is 15.4 Å². The predicted molar refractivity (Wildman–Crippen MR) is 100 cm³/mol. The maximum absolute atomic E-state index is 12.1. The van der Waals surface area contributed by atoms with Gasteiger partial charge in [-0.1, -0.05) is 37.6 Å². The van der Waals surface area contributed by atoms with E-state index in [0.717, 1.165) is 17.0 Å². The van der Waals surface area contributed by atoms with E-state index < -0.39 is 0 Å². The normalized spacial score (nSPS) is 10.5. The van der Waals surface area contributed by atoms with Crippen molar-refractivity contribution in [3.8, 4) is 5.75 Å². The summed E-state index contributed by atoms with van der Waals surface area (Å²) in [5, 5.41) is 6.64. The lowest BCUT2D eigenvalue weighted by atomic mass is 10.2. The van der Waals surface area contributed by atoms with Gasteiger partial charge in [-0.2, -0.15) is 0 Å². The Kier molecular flexibility index (Phi) is 6.50. The first kappa shape index (κ1) is 18.1. The van der Waals surface area contributed by atoms with Crippen molar-refractivity contribution < 1.29 is 9.53 Å². The van der Waals surface area contributed by atoms with Gasteiger partial charge in [-0.3, -0.25) is 4.79 Å². The van der Waals surface area contributed by atoms with Crippen LogP contribution in [-0.2, 0) is 4.79 Å². The number of halogens is 1. The molecule has 2 N–H and O–H groups in total. The summed E-state index contributed by atoms with van der Waals surface area (Å²) in [5.74, 6) is 1.07. The minimum atomic E-state index is -0.129. The number of rotatable bonds is 7. The van der Waals surface area contributed by atoms with Gasteiger partial charge in [0.05, 0.1) is 13.2 Å². The molecule has 2 aromatic carbocycles. The zero-order chi connectivity index (χ0) is 17.5. The molecule has 0 radical (unpaired) electrons. The van der Waals surface area contributed by atoms with Crippen molar-refractivity contribution in [2.45, 2.75) is 20.8 Å². The van der Waals surface area contributed by atoms with Crippen LogP contribution in [-0.4, -0.2) is 19.1 Å². The quantitative estimate of drug-likeness (QED) is 0.761. The molecule has 0 aromatic heterocycles.